The van der Waals surface area contributed by atoms with Crippen molar-refractivity contribution >= 4 is 11.6 Å². The number of hydrogen-bond donors (Lipinski definition) is 3. The van der Waals surface area contributed by atoms with Crippen molar-refractivity contribution in [3.05, 3.63) is 46.5 Å². The fraction of sp³-hybridized carbons (Fsp3) is 0.300. The van der Waals surface area contributed by atoms with Crippen LogP contribution in [0.15, 0.2) is 24.3 Å². The van der Waals surface area contributed by atoms with E-state index in [9.17, 15) is 24.9 Å². The first kappa shape index (κ1) is 21.0. The van der Waals surface area contributed by atoms with E-state index in [0.29, 0.717) is 28.9 Å². The van der Waals surface area contributed by atoms with Crippen LogP contribution >= 0.6 is 0 Å². The molecule has 0 aliphatic carbocycles. The van der Waals surface area contributed by atoms with Crippen LogP contribution in [0.25, 0.3) is 0 Å². The molecule has 2 aromatic rings. The number of carbonyl (C=O) groups excluding carboxylic acids is 2. The molecule has 3 N–H and O–H groups in total. The maximum absolute atomic E-state index is 11.5. The molecule has 0 atom stereocenters. The van der Waals surface area contributed by atoms with Crippen molar-refractivity contribution in [2.75, 3.05) is 7.11 Å². The summed E-state index contributed by atoms with van der Waals surface area (Å²) < 4.78 is 4.91. The van der Waals surface area contributed by atoms with Gasteiger partial charge in [0.15, 0.2) is 11.6 Å². The molecular weight excluding hydrogens is 336 g/mol. The number of phenolic OH excluding ortho intramolecular Hbond substituents is 3. The second-order valence-corrected chi connectivity index (χ2v) is 5.75. The number of hydrogen-bond acceptors (Lipinski definition) is 6. The van der Waals surface area contributed by atoms with Crippen molar-refractivity contribution in [3.63, 3.8) is 0 Å². The lowest BCUT2D eigenvalue weighted by atomic mass is 9.98. The number of Topliss-reactive ketones (excluding diaryl/α,β-unsaturated/α-hetero) is 2. The monoisotopic (exact) mass is 360 g/mol. The first-order chi connectivity index (χ1) is 12.1. The fourth-order valence-corrected chi connectivity index (χ4v) is 2.45. The van der Waals surface area contributed by atoms with Crippen LogP contribution in [0.1, 0.15) is 52.1 Å². The summed E-state index contributed by atoms with van der Waals surface area (Å²) in [5.41, 5.74) is 1.52. The van der Waals surface area contributed by atoms with Crippen molar-refractivity contribution < 1.29 is 29.6 Å². The van der Waals surface area contributed by atoms with Gasteiger partial charge in [-0.2, -0.15) is 0 Å². The highest BCUT2D eigenvalue weighted by Crippen LogP contribution is 2.33. The summed E-state index contributed by atoms with van der Waals surface area (Å²) in [5.74, 6) is -0.0283. The maximum atomic E-state index is 11.5. The molecule has 6 heteroatoms. The number of rotatable bonds is 4. The Labute approximate surface area is 152 Å². The molecule has 0 saturated heterocycles. The van der Waals surface area contributed by atoms with Gasteiger partial charge < -0.3 is 20.1 Å². The first-order valence-electron chi connectivity index (χ1n) is 8.07. The molecule has 0 radical (unpaired) electrons. The molecule has 0 aliphatic rings. The van der Waals surface area contributed by atoms with Gasteiger partial charge in [-0.1, -0.05) is 13.0 Å². The van der Waals surface area contributed by atoms with Gasteiger partial charge in [0, 0.05) is 12.0 Å². The number of methoxy groups -OCH3 is 1. The van der Waals surface area contributed by atoms with Crippen molar-refractivity contribution in [1.29, 1.82) is 0 Å². The van der Waals surface area contributed by atoms with Gasteiger partial charge in [0.2, 0.25) is 0 Å². The predicted octanol–water partition coefficient (Wildman–Crippen LogP) is 3.91. The number of aryl methyl sites for hydroxylation is 1. The molecule has 0 aromatic heterocycles. The number of benzene rings is 2. The minimum atomic E-state index is -0.204. The van der Waals surface area contributed by atoms with Crippen molar-refractivity contribution in [3.8, 4) is 23.0 Å². The standard InChI is InChI=1S/C11H14O3.C9H10O3/c1-4-8(12)10-6(2)5-9(13)7(3)11(10)14;1-6(10)9-7(11)4-3-5-8(9)12-2/h5,13-14H,4H2,1-3H3;3-5,11H,1-2H3. The third-order valence-electron chi connectivity index (χ3n) is 3.90. The number of aromatic hydroxyl groups is 3. The molecule has 0 unspecified atom stereocenters. The molecule has 0 bridgehead atoms. The van der Waals surface area contributed by atoms with E-state index in [1.165, 1.54) is 26.2 Å². The van der Waals surface area contributed by atoms with Gasteiger partial charge in [-0.05, 0) is 44.5 Å². The quantitative estimate of drug-likeness (QED) is 0.714. The lowest BCUT2D eigenvalue weighted by molar-refractivity contribution is 0.0982. The van der Waals surface area contributed by atoms with E-state index in [2.05, 4.69) is 0 Å². The highest BCUT2D eigenvalue weighted by Gasteiger charge is 2.17. The molecule has 6 nitrogen and oxygen atoms in total. The lowest BCUT2D eigenvalue weighted by Crippen LogP contribution is -2.01. The smallest absolute Gasteiger partial charge is 0.167 e. The summed E-state index contributed by atoms with van der Waals surface area (Å²) in [6.07, 6.45) is 0.346. The van der Waals surface area contributed by atoms with Crippen molar-refractivity contribution in [1.82, 2.24) is 0 Å². The Bertz CT molecular complexity index is 824. The number of phenols is 3. The van der Waals surface area contributed by atoms with Gasteiger partial charge >= 0.3 is 0 Å². The molecule has 140 valence electrons. The fourth-order valence-electron chi connectivity index (χ4n) is 2.45. The Balaban J connectivity index is 0.000000263. The van der Waals surface area contributed by atoms with Gasteiger partial charge in [-0.25, -0.2) is 0 Å². The minimum absolute atomic E-state index is 0.0210. The van der Waals surface area contributed by atoms with E-state index < -0.39 is 0 Å². The molecule has 0 saturated carbocycles. The Hall–Kier alpha value is -3.02. The summed E-state index contributed by atoms with van der Waals surface area (Å²) >= 11 is 0. The van der Waals surface area contributed by atoms with Crippen LogP contribution < -0.4 is 4.74 Å². The summed E-state index contributed by atoms with van der Waals surface area (Å²) in [4.78, 5) is 22.5. The summed E-state index contributed by atoms with van der Waals surface area (Å²) in [6, 6.07) is 6.22. The van der Waals surface area contributed by atoms with Gasteiger partial charge in [0.25, 0.3) is 0 Å². The highest BCUT2D eigenvalue weighted by atomic mass is 16.5. The molecule has 26 heavy (non-hydrogen) atoms. The van der Waals surface area contributed by atoms with E-state index in [0.717, 1.165) is 0 Å². The van der Waals surface area contributed by atoms with Crippen LogP contribution in [0.5, 0.6) is 23.0 Å². The number of ether oxygens (including phenoxy) is 1. The SMILES string of the molecule is CCC(=O)c1c(C)cc(O)c(C)c1O.COc1cccc(O)c1C(C)=O. The first-order valence-corrected chi connectivity index (χ1v) is 8.07. The Morgan fingerprint density at radius 2 is 1.65 bits per heavy atom. The third kappa shape index (κ3) is 4.53. The second-order valence-electron chi connectivity index (χ2n) is 5.75. The maximum Gasteiger partial charge on any atom is 0.167 e. The third-order valence-corrected chi connectivity index (χ3v) is 3.90. The van der Waals surface area contributed by atoms with Crippen LogP contribution in [0.3, 0.4) is 0 Å². The molecule has 0 amide bonds. The topological polar surface area (TPSA) is 104 Å². The van der Waals surface area contributed by atoms with Crippen LogP contribution in [0.2, 0.25) is 0 Å². The molecule has 0 fully saturated rings. The minimum Gasteiger partial charge on any atom is -0.508 e. The summed E-state index contributed by atoms with van der Waals surface area (Å²) in [5, 5.41) is 28.4. The molecule has 2 rings (SSSR count). The zero-order chi connectivity index (χ0) is 20.0. The molecule has 0 aliphatic heterocycles. The summed E-state index contributed by atoms with van der Waals surface area (Å²) in [6.45, 7) is 6.40. The average Bonchev–Trinajstić information content (AvgIpc) is 2.59. The Morgan fingerprint density at radius 1 is 1.04 bits per heavy atom. The van der Waals surface area contributed by atoms with E-state index >= 15 is 0 Å². The Morgan fingerprint density at radius 3 is 2.12 bits per heavy atom. The zero-order valence-electron chi connectivity index (χ0n) is 15.6. The highest BCUT2D eigenvalue weighted by molar-refractivity contribution is 6.00. The zero-order valence-corrected chi connectivity index (χ0v) is 15.6. The van der Waals surface area contributed by atoms with E-state index in [1.54, 1.807) is 32.9 Å². The van der Waals surface area contributed by atoms with Gasteiger partial charge in [0.05, 0.1) is 12.7 Å². The van der Waals surface area contributed by atoms with E-state index in [1.807, 2.05) is 0 Å². The van der Waals surface area contributed by atoms with Crippen LogP contribution in [-0.4, -0.2) is 34.0 Å². The van der Waals surface area contributed by atoms with Crippen LogP contribution in [0, 0.1) is 13.8 Å². The second kappa shape index (κ2) is 8.89. The largest absolute Gasteiger partial charge is 0.508 e. The Kier molecular flexibility index (Phi) is 7.19. The molecule has 0 heterocycles. The van der Waals surface area contributed by atoms with Crippen molar-refractivity contribution in [2.45, 2.75) is 34.1 Å². The molecular formula is C20H24O6. The molecule has 0 spiro atoms. The number of carbonyl (C=O) groups is 2. The van der Waals surface area contributed by atoms with E-state index in [-0.39, 0.29) is 34.4 Å². The predicted molar refractivity (Wildman–Crippen MR) is 98.5 cm³/mol. The number of ketones is 2. The van der Waals surface area contributed by atoms with Gasteiger partial charge in [-0.15, -0.1) is 0 Å². The van der Waals surface area contributed by atoms with Crippen LogP contribution in [0.4, 0.5) is 0 Å². The summed E-state index contributed by atoms with van der Waals surface area (Å²) in [7, 11) is 1.46. The lowest BCUT2D eigenvalue weighted by Gasteiger charge is -2.10. The van der Waals surface area contributed by atoms with E-state index in [4.69, 9.17) is 4.74 Å². The normalized spacial score (nSPS) is 9.88. The van der Waals surface area contributed by atoms with Gasteiger partial charge in [0.1, 0.15) is 28.6 Å². The van der Waals surface area contributed by atoms with Crippen LogP contribution in [-0.2, 0) is 0 Å². The van der Waals surface area contributed by atoms with Crippen molar-refractivity contribution in [2.24, 2.45) is 0 Å². The van der Waals surface area contributed by atoms with Gasteiger partial charge in [-0.3, -0.25) is 9.59 Å². The average molecular weight is 360 g/mol. The molecule has 2 aromatic carbocycles.